The van der Waals surface area contributed by atoms with Crippen molar-refractivity contribution in [2.75, 3.05) is 65.5 Å². The molecule has 0 aliphatic carbocycles. The van der Waals surface area contributed by atoms with Gasteiger partial charge in [0, 0.05) is 64.4 Å². The van der Waals surface area contributed by atoms with E-state index in [9.17, 15) is 4.79 Å². The number of carbonyl (C=O) groups excluding carboxylic acids is 1. The van der Waals surface area contributed by atoms with Crippen LogP contribution in [0.4, 0.5) is 0 Å². The minimum Gasteiger partial charge on any atom is -0.375 e. The standard InChI is InChI=1S/C25H46N4O2/c1-4-26-10-5-22(6-11-26)19-24(30)29-12-8-25(9-13-29)20-23(7-18-31-25)28-16-14-27(15-17-28)21(2)3/h21-23H,4-20H2,1-3H3. The number of likely N-dealkylation sites (tertiary alicyclic amines) is 2. The summed E-state index contributed by atoms with van der Waals surface area (Å²) in [5.41, 5.74) is 0.0152. The molecule has 4 aliphatic heterocycles. The number of hydrogen-bond acceptors (Lipinski definition) is 5. The number of carbonyl (C=O) groups is 1. The summed E-state index contributed by atoms with van der Waals surface area (Å²) < 4.78 is 6.41. The van der Waals surface area contributed by atoms with Crippen LogP contribution in [-0.4, -0.2) is 109 Å². The molecule has 4 saturated heterocycles. The van der Waals surface area contributed by atoms with E-state index in [4.69, 9.17) is 4.74 Å². The summed E-state index contributed by atoms with van der Waals surface area (Å²) in [5.74, 6) is 0.980. The van der Waals surface area contributed by atoms with Crippen molar-refractivity contribution >= 4 is 5.91 Å². The molecule has 1 amide bonds. The number of amides is 1. The van der Waals surface area contributed by atoms with Crippen molar-refractivity contribution in [3.05, 3.63) is 0 Å². The SMILES string of the molecule is CCN1CCC(CC(=O)N2CCC3(CC2)CC(N2CCN(C(C)C)CC2)CCO3)CC1. The molecular weight excluding hydrogens is 388 g/mol. The average Bonchev–Trinajstić information content (AvgIpc) is 2.80. The molecule has 4 aliphatic rings. The Morgan fingerprint density at radius 1 is 0.968 bits per heavy atom. The Labute approximate surface area is 190 Å². The van der Waals surface area contributed by atoms with Crippen LogP contribution in [0.15, 0.2) is 0 Å². The van der Waals surface area contributed by atoms with Gasteiger partial charge in [-0.2, -0.15) is 0 Å². The van der Waals surface area contributed by atoms with E-state index in [1.54, 1.807) is 0 Å². The summed E-state index contributed by atoms with van der Waals surface area (Å²) in [5, 5.41) is 0. The summed E-state index contributed by atoms with van der Waals surface area (Å²) in [6.07, 6.45) is 7.51. The van der Waals surface area contributed by atoms with Gasteiger partial charge < -0.3 is 14.5 Å². The molecule has 0 aromatic carbocycles. The van der Waals surface area contributed by atoms with Crippen LogP contribution in [0.3, 0.4) is 0 Å². The number of rotatable bonds is 5. The molecular formula is C25H46N4O2. The van der Waals surface area contributed by atoms with Gasteiger partial charge >= 0.3 is 0 Å². The van der Waals surface area contributed by atoms with E-state index in [2.05, 4.69) is 40.4 Å². The molecule has 1 spiro atoms. The summed E-state index contributed by atoms with van der Waals surface area (Å²) in [6, 6.07) is 1.32. The Morgan fingerprint density at radius 2 is 1.65 bits per heavy atom. The lowest BCUT2D eigenvalue weighted by molar-refractivity contribution is -0.151. The zero-order chi connectivity index (χ0) is 21.8. The van der Waals surface area contributed by atoms with Crippen LogP contribution in [0.5, 0.6) is 0 Å². The molecule has 178 valence electrons. The maximum absolute atomic E-state index is 12.9. The monoisotopic (exact) mass is 434 g/mol. The van der Waals surface area contributed by atoms with Crippen molar-refractivity contribution in [3.8, 4) is 0 Å². The Kier molecular flexibility index (Phi) is 7.95. The van der Waals surface area contributed by atoms with Crippen LogP contribution in [0.2, 0.25) is 0 Å². The van der Waals surface area contributed by atoms with Crippen molar-refractivity contribution in [2.45, 2.75) is 83.4 Å². The van der Waals surface area contributed by atoms with Crippen molar-refractivity contribution in [1.29, 1.82) is 0 Å². The highest BCUT2D eigenvalue weighted by atomic mass is 16.5. The van der Waals surface area contributed by atoms with Crippen molar-refractivity contribution < 1.29 is 9.53 Å². The van der Waals surface area contributed by atoms with Gasteiger partial charge in [-0.25, -0.2) is 0 Å². The van der Waals surface area contributed by atoms with Gasteiger partial charge in [0.2, 0.25) is 5.91 Å². The maximum atomic E-state index is 12.9. The Morgan fingerprint density at radius 3 is 2.26 bits per heavy atom. The van der Waals surface area contributed by atoms with E-state index in [0.717, 1.165) is 65.0 Å². The second-order valence-electron chi connectivity index (χ2n) is 10.8. The molecule has 0 aromatic heterocycles. The second kappa shape index (κ2) is 10.5. The normalized spacial score (nSPS) is 29.7. The predicted octanol–water partition coefficient (Wildman–Crippen LogP) is 2.67. The van der Waals surface area contributed by atoms with E-state index in [1.807, 2.05) is 0 Å². The van der Waals surface area contributed by atoms with E-state index < -0.39 is 0 Å². The van der Waals surface area contributed by atoms with E-state index in [0.29, 0.717) is 23.9 Å². The molecule has 31 heavy (non-hydrogen) atoms. The van der Waals surface area contributed by atoms with Gasteiger partial charge in [0.05, 0.1) is 5.60 Å². The van der Waals surface area contributed by atoms with Crippen molar-refractivity contribution in [2.24, 2.45) is 5.92 Å². The highest BCUT2D eigenvalue weighted by molar-refractivity contribution is 5.76. The molecule has 0 radical (unpaired) electrons. The largest absolute Gasteiger partial charge is 0.375 e. The number of nitrogens with zero attached hydrogens (tertiary/aromatic N) is 4. The molecule has 4 heterocycles. The lowest BCUT2D eigenvalue weighted by Crippen LogP contribution is -2.58. The summed E-state index contributed by atoms with van der Waals surface area (Å²) >= 11 is 0. The molecule has 6 heteroatoms. The second-order valence-corrected chi connectivity index (χ2v) is 10.8. The molecule has 4 rings (SSSR count). The highest BCUT2D eigenvalue weighted by Crippen LogP contribution is 2.37. The van der Waals surface area contributed by atoms with Gasteiger partial charge in [-0.15, -0.1) is 0 Å². The van der Waals surface area contributed by atoms with Crippen molar-refractivity contribution in [1.82, 2.24) is 19.6 Å². The molecule has 1 atom stereocenters. The first-order chi connectivity index (χ1) is 15.0. The van der Waals surface area contributed by atoms with E-state index >= 15 is 0 Å². The number of piperidine rings is 2. The highest BCUT2D eigenvalue weighted by Gasteiger charge is 2.43. The molecule has 1 unspecified atom stereocenters. The number of ether oxygens (including phenoxy) is 1. The first kappa shape index (κ1) is 23.5. The molecule has 4 fully saturated rings. The average molecular weight is 435 g/mol. The molecule has 0 N–H and O–H groups in total. The summed E-state index contributed by atoms with van der Waals surface area (Å²) in [4.78, 5) is 22.9. The first-order valence-corrected chi connectivity index (χ1v) is 13.1. The van der Waals surface area contributed by atoms with Gasteiger partial charge in [-0.1, -0.05) is 6.92 Å². The maximum Gasteiger partial charge on any atom is 0.222 e. The third kappa shape index (κ3) is 5.82. The van der Waals surface area contributed by atoms with Gasteiger partial charge in [0.25, 0.3) is 0 Å². The summed E-state index contributed by atoms with van der Waals surface area (Å²) in [7, 11) is 0. The quantitative estimate of drug-likeness (QED) is 0.665. The van der Waals surface area contributed by atoms with Crippen LogP contribution < -0.4 is 0 Å². The van der Waals surface area contributed by atoms with Gasteiger partial charge in [-0.05, 0) is 77.9 Å². The van der Waals surface area contributed by atoms with Crippen LogP contribution in [0, 0.1) is 5.92 Å². The van der Waals surface area contributed by atoms with Gasteiger partial charge in [-0.3, -0.25) is 14.6 Å². The van der Waals surface area contributed by atoms with E-state index in [-0.39, 0.29) is 5.60 Å². The van der Waals surface area contributed by atoms with Crippen LogP contribution in [0.1, 0.15) is 65.7 Å². The Balaban J connectivity index is 1.22. The third-order valence-electron chi connectivity index (χ3n) is 8.71. The third-order valence-corrected chi connectivity index (χ3v) is 8.71. The van der Waals surface area contributed by atoms with Crippen LogP contribution in [-0.2, 0) is 9.53 Å². The smallest absolute Gasteiger partial charge is 0.222 e. The Hall–Kier alpha value is -0.690. The molecule has 6 nitrogen and oxygen atoms in total. The minimum atomic E-state index is 0.0152. The van der Waals surface area contributed by atoms with Crippen LogP contribution >= 0.6 is 0 Å². The number of piperazine rings is 1. The zero-order valence-corrected chi connectivity index (χ0v) is 20.4. The van der Waals surface area contributed by atoms with Gasteiger partial charge in [0.1, 0.15) is 0 Å². The fourth-order valence-corrected chi connectivity index (χ4v) is 6.33. The summed E-state index contributed by atoms with van der Waals surface area (Å²) in [6.45, 7) is 17.8. The fraction of sp³-hybridized carbons (Fsp3) is 0.960. The first-order valence-electron chi connectivity index (χ1n) is 13.1. The molecule has 0 saturated carbocycles. The molecule has 0 aromatic rings. The topological polar surface area (TPSA) is 39.3 Å². The Bertz CT molecular complexity index is 574. The van der Waals surface area contributed by atoms with Crippen molar-refractivity contribution in [3.63, 3.8) is 0 Å². The van der Waals surface area contributed by atoms with Crippen LogP contribution in [0.25, 0.3) is 0 Å². The fourth-order valence-electron chi connectivity index (χ4n) is 6.33. The van der Waals surface area contributed by atoms with Gasteiger partial charge in [0.15, 0.2) is 0 Å². The lowest BCUT2D eigenvalue weighted by Gasteiger charge is -2.50. The minimum absolute atomic E-state index is 0.0152. The lowest BCUT2D eigenvalue weighted by atomic mass is 9.81. The van der Waals surface area contributed by atoms with E-state index in [1.165, 1.54) is 45.4 Å². The number of hydrogen-bond donors (Lipinski definition) is 0. The zero-order valence-electron chi connectivity index (χ0n) is 20.4. The molecule has 0 bridgehead atoms. The predicted molar refractivity (Wildman–Crippen MR) is 125 cm³/mol.